The van der Waals surface area contributed by atoms with Crippen molar-refractivity contribution in [3.63, 3.8) is 0 Å². The van der Waals surface area contributed by atoms with Crippen molar-refractivity contribution in [3.05, 3.63) is 41.8 Å². The highest BCUT2D eigenvalue weighted by atomic mass is 32.2. The van der Waals surface area contributed by atoms with Gasteiger partial charge in [-0.1, -0.05) is 52.0 Å². The first-order valence-corrected chi connectivity index (χ1v) is 13.6. The van der Waals surface area contributed by atoms with Crippen LogP contribution in [0.25, 0.3) is 0 Å². The van der Waals surface area contributed by atoms with Crippen molar-refractivity contribution in [1.82, 2.24) is 0 Å². The van der Waals surface area contributed by atoms with E-state index < -0.39 is 24.2 Å². The molecule has 1 rings (SSSR count). The molecule has 0 saturated heterocycles. The Morgan fingerprint density at radius 3 is 2.35 bits per heavy atom. The number of rotatable bonds is 8. The smallest absolute Gasteiger partial charge is 0.191 e. The van der Waals surface area contributed by atoms with Gasteiger partial charge in [0.05, 0.1) is 20.7 Å². The van der Waals surface area contributed by atoms with Crippen molar-refractivity contribution in [1.29, 1.82) is 0 Å². The molecule has 1 aromatic rings. The van der Waals surface area contributed by atoms with Crippen molar-refractivity contribution in [2.24, 2.45) is 10.3 Å². The van der Waals surface area contributed by atoms with Gasteiger partial charge in [0, 0.05) is 25.0 Å². The number of benzene rings is 1. The van der Waals surface area contributed by atoms with Crippen LogP contribution in [0.3, 0.4) is 0 Å². The van der Waals surface area contributed by atoms with E-state index >= 15 is 0 Å². The zero-order valence-electron chi connectivity index (χ0n) is 17.2. The molecule has 0 aliphatic carbocycles. The fourth-order valence-electron chi connectivity index (χ4n) is 2.13. The van der Waals surface area contributed by atoms with E-state index in [9.17, 15) is 9.32 Å². The van der Waals surface area contributed by atoms with Crippen LogP contribution < -0.4 is 0 Å². The van der Waals surface area contributed by atoms with Gasteiger partial charge in [0.1, 0.15) is 0 Å². The van der Waals surface area contributed by atoms with Gasteiger partial charge >= 0.3 is 0 Å². The van der Waals surface area contributed by atoms with E-state index in [1.165, 1.54) is 0 Å². The summed E-state index contributed by atoms with van der Waals surface area (Å²) in [6, 6.07) is 9.22. The second kappa shape index (κ2) is 9.31. The van der Waals surface area contributed by atoms with Crippen molar-refractivity contribution < 1.29 is 13.7 Å². The molecular formula is C20H35NO3SSi. The van der Waals surface area contributed by atoms with E-state index in [2.05, 4.69) is 38.2 Å². The molecule has 4 nitrogen and oxygen atoms in total. The molecule has 0 heterocycles. The van der Waals surface area contributed by atoms with E-state index in [1.54, 1.807) is 18.5 Å². The standard InChI is InChI=1S/C20H35NO3SSi/c1-17(19(22)13-15-24-26(6,7)20(2,3)4)14-16-25(23,21-5)18-11-9-8-10-12-18/h8-12,14,16-17,19,22H,13,15H2,1-7H3/b16-14-/t17-,19+,25?/m1/s1. The van der Waals surface area contributed by atoms with E-state index in [1.807, 2.05) is 37.3 Å². The van der Waals surface area contributed by atoms with Crippen molar-refractivity contribution in [2.75, 3.05) is 13.7 Å². The third kappa shape index (κ3) is 6.34. The van der Waals surface area contributed by atoms with Crippen LogP contribution in [0, 0.1) is 5.92 Å². The maximum atomic E-state index is 13.0. The minimum absolute atomic E-state index is 0.121. The monoisotopic (exact) mass is 397 g/mol. The topological polar surface area (TPSA) is 58.9 Å². The lowest BCUT2D eigenvalue weighted by Crippen LogP contribution is -2.41. The Balaban J connectivity index is 2.68. The number of aliphatic hydroxyl groups excluding tert-OH is 1. The molecule has 0 aliphatic heterocycles. The lowest BCUT2D eigenvalue weighted by Gasteiger charge is -2.36. The van der Waals surface area contributed by atoms with Gasteiger partial charge in [0.2, 0.25) is 0 Å². The summed E-state index contributed by atoms with van der Waals surface area (Å²) in [5, 5.41) is 12.2. The van der Waals surface area contributed by atoms with Gasteiger partial charge < -0.3 is 9.53 Å². The molecule has 0 spiro atoms. The van der Waals surface area contributed by atoms with Crippen molar-refractivity contribution in [2.45, 2.75) is 63.2 Å². The number of hydrogen-bond acceptors (Lipinski definition) is 4. The summed E-state index contributed by atoms with van der Waals surface area (Å²) in [6.07, 6.45) is 1.83. The molecule has 0 amide bonds. The average molecular weight is 398 g/mol. The molecule has 0 aromatic heterocycles. The maximum Gasteiger partial charge on any atom is 0.191 e. The molecule has 6 heteroatoms. The highest BCUT2D eigenvalue weighted by Crippen LogP contribution is 2.36. The Labute approximate surface area is 161 Å². The second-order valence-corrected chi connectivity index (χ2v) is 15.3. The molecule has 0 radical (unpaired) electrons. The summed E-state index contributed by atoms with van der Waals surface area (Å²) in [6.45, 7) is 13.5. The first kappa shape index (κ1) is 23.1. The third-order valence-corrected chi connectivity index (χ3v) is 11.8. The van der Waals surface area contributed by atoms with Crippen LogP contribution in [0.4, 0.5) is 0 Å². The third-order valence-electron chi connectivity index (χ3n) is 5.21. The van der Waals surface area contributed by atoms with Gasteiger partial charge in [-0.15, -0.1) is 0 Å². The molecule has 1 aromatic carbocycles. The van der Waals surface area contributed by atoms with Crippen LogP contribution >= 0.6 is 0 Å². The van der Waals surface area contributed by atoms with Crippen LogP contribution in [0.2, 0.25) is 18.1 Å². The first-order valence-electron chi connectivity index (χ1n) is 9.13. The molecule has 0 bridgehead atoms. The van der Waals surface area contributed by atoms with Gasteiger partial charge in [-0.3, -0.25) is 0 Å². The zero-order chi connectivity index (χ0) is 20.0. The van der Waals surface area contributed by atoms with E-state index in [0.29, 0.717) is 17.9 Å². The van der Waals surface area contributed by atoms with Gasteiger partial charge in [0.15, 0.2) is 8.32 Å². The summed E-state index contributed by atoms with van der Waals surface area (Å²) < 4.78 is 23.2. The van der Waals surface area contributed by atoms with E-state index in [4.69, 9.17) is 4.43 Å². The minimum atomic E-state index is -2.59. The Bertz CT molecular complexity index is 702. The molecule has 1 N–H and O–H groups in total. The highest BCUT2D eigenvalue weighted by molar-refractivity contribution is 7.96. The molecule has 0 aliphatic rings. The molecule has 148 valence electrons. The SMILES string of the molecule is CN=S(=O)(/C=C\[C@@H](C)[C@@H](O)CCO[Si](C)(C)C(C)(C)C)c1ccccc1. The zero-order valence-corrected chi connectivity index (χ0v) is 19.0. The maximum absolute atomic E-state index is 13.0. The summed E-state index contributed by atoms with van der Waals surface area (Å²) in [7, 11) is -2.82. The summed E-state index contributed by atoms with van der Waals surface area (Å²) in [5.74, 6) is -0.121. The summed E-state index contributed by atoms with van der Waals surface area (Å²) in [4.78, 5) is 0.682. The molecule has 0 saturated carbocycles. The Morgan fingerprint density at radius 1 is 1.27 bits per heavy atom. The normalized spacial score (nSPS) is 17.7. The predicted molar refractivity (Wildman–Crippen MR) is 113 cm³/mol. The number of nitrogens with zero attached hydrogens (tertiary/aromatic N) is 1. The van der Waals surface area contributed by atoms with Crippen LogP contribution in [-0.2, 0) is 14.2 Å². The van der Waals surface area contributed by atoms with Gasteiger partial charge in [-0.25, -0.2) is 8.57 Å². The summed E-state index contributed by atoms with van der Waals surface area (Å²) in [5.41, 5.74) is 0. The number of aliphatic hydroxyl groups is 1. The molecule has 0 fully saturated rings. The fraction of sp³-hybridized carbons (Fsp3) is 0.600. The molecule has 26 heavy (non-hydrogen) atoms. The van der Waals surface area contributed by atoms with E-state index in [-0.39, 0.29) is 11.0 Å². The Hall–Kier alpha value is -0.953. The van der Waals surface area contributed by atoms with Crippen LogP contribution in [-0.4, -0.2) is 37.4 Å². The van der Waals surface area contributed by atoms with Crippen molar-refractivity contribution in [3.8, 4) is 0 Å². The van der Waals surface area contributed by atoms with Crippen LogP contribution in [0.1, 0.15) is 34.1 Å². The number of hydrogen-bond donors (Lipinski definition) is 1. The predicted octanol–water partition coefficient (Wildman–Crippen LogP) is 5.07. The summed E-state index contributed by atoms with van der Waals surface area (Å²) >= 11 is 0. The lowest BCUT2D eigenvalue weighted by molar-refractivity contribution is 0.105. The molecule has 1 unspecified atom stereocenters. The quantitative estimate of drug-likeness (QED) is 0.623. The lowest BCUT2D eigenvalue weighted by atomic mass is 10.0. The van der Waals surface area contributed by atoms with Crippen LogP contribution in [0.5, 0.6) is 0 Å². The molecular weight excluding hydrogens is 362 g/mol. The first-order chi connectivity index (χ1) is 11.9. The highest BCUT2D eigenvalue weighted by Gasteiger charge is 2.37. The second-order valence-electron chi connectivity index (χ2n) is 8.22. The Morgan fingerprint density at radius 2 is 1.85 bits per heavy atom. The Kier molecular flexibility index (Phi) is 8.26. The molecule has 3 atom stereocenters. The van der Waals surface area contributed by atoms with Crippen molar-refractivity contribution >= 4 is 18.0 Å². The van der Waals surface area contributed by atoms with Gasteiger partial charge in [-0.05, 0) is 36.7 Å². The van der Waals surface area contributed by atoms with Gasteiger partial charge in [0.25, 0.3) is 0 Å². The average Bonchev–Trinajstić information content (AvgIpc) is 2.58. The fourth-order valence-corrected chi connectivity index (χ4v) is 4.69. The van der Waals surface area contributed by atoms with Gasteiger partial charge in [-0.2, -0.15) is 0 Å². The van der Waals surface area contributed by atoms with Crippen LogP contribution in [0.15, 0.2) is 51.1 Å². The minimum Gasteiger partial charge on any atom is -0.417 e. The largest absolute Gasteiger partial charge is 0.417 e. The van der Waals surface area contributed by atoms with E-state index in [0.717, 1.165) is 0 Å².